The number of aromatic nitrogens is 2. The molecule has 4 heterocycles. The highest BCUT2D eigenvalue weighted by Gasteiger charge is 2.39. The van der Waals surface area contributed by atoms with Gasteiger partial charge in [0, 0.05) is 38.6 Å². The minimum Gasteiger partial charge on any atom is -0.459 e. The van der Waals surface area contributed by atoms with Crippen LogP contribution in [0.1, 0.15) is 17.0 Å². The van der Waals surface area contributed by atoms with Crippen LogP contribution in [0.4, 0.5) is 5.82 Å². The van der Waals surface area contributed by atoms with Crippen LogP contribution in [0.15, 0.2) is 41.4 Å². The summed E-state index contributed by atoms with van der Waals surface area (Å²) in [5.41, 5.74) is 0. The molecule has 2 aliphatic heterocycles. The van der Waals surface area contributed by atoms with Gasteiger partial charge in [-0.3, -0.25) is 9.78 Å². The van der Waals surface area contributed by atoms with Gasteiger partial charge in [-0.15, -0.1) is 0 Å². The molecule has 4 rings (SSSR count). The molecule has 0 radical (unpaired) electrons. The van der Waals surface area contributed by atoms with Gasteiger partial charge in [0.15, 0.2) is 5.76 Å². The first kappa shape index (κ1) is 13.3. The van der Waals surface area contributed by atoms with Crippen LogP contribution in [0.3, 0.4) is 0 Å². The molecule has 0 aromatic carbocycles. The predicted octanol–water partition coefficient (Wildman–Crippen LogP) is 1.67. The number of fused-ring (bicyclic) bond motifs is 1. The molecular formula is C16H18N4O2. The average Bonchev–Trinajstić information content (AvgIpc) is 3.23. The standard InChI is InChI=1S/C16H18N4O2/c21-16(14-2-1-7-22-14)20-9-12-3-6-19(10-13(12)11-20)15-8-17-4-5-18-15/h1-2,4-5,7-8,12-13H,3,6,9-11H2/t12-,13+/m1/s1. The van der Waals surface area contributed by atoms with Crippen LogP contribution in [0, 0.1) is 11.8 Å². The molecule has 0 bridgehead atoms. The minimum atomic E-state index is 0.00505. The molecule has 2 fully saturated rings. The van der Waals surface area contributed by atoms with Crippen LogP contribution < -0.4 is 4.90 Å². The molecule has 6 nitrogen and oxygen atoms in total. The van der Waals surface area contributed by atoms with E-state index in [2.05, 4.69) is 14.9 Å². The fourth-order valence-electron chi connectivity index (χ4n) is 3.55. The summed E-state index contributed by atoms with van der Waals surface area (Å²) in [6, 6.07) is 3.49. The summed E-state index contributed by atoms with van der Waals surface area (Å²) < 4.78 is 5.23. The number of nitrogens with zero attached hydrogens (tertiary/aromatic N) is 4. The maximum absolute atomic E-state index is 12.4. The van der Waals surface area contributed by atoms with Crippen molar-refractivity contribution in [2.45, 2.75) is 6.42 Å². The summed E-state index contributed by atoms with van der Waals surface area (Å²) in [6.45, 7) is 3.54. The first-order valence-corrected chi connectivity index (χ1v) is 7.65. The molecule has 1 amide bonds. The van der Waals surface area contributed by atoms with Crippen LogP contribution in [-0.2, 0) is 0 Å². The lowest BCUT2D eigenvalue weighted by Crippen LogP contribution is -2.40. The van der Waals surface area contributed by atoms with E-state index in [9.17, 15) is 4.79 Å². The Morgan fingerprint density at radius 1 is 1.23 bits per heavy atom. The molecule has 6 heteroatoms. The summed E-state index contributed by atoms with van der Waals surface area (Å²) in [5, 5.41) is 0. The molecule has 2 aromatic rings. The maximum Gasteiger partial charge on any atom is 0.289 e. The number of anilines is 1. The molecule has 22 heavy (non-hydrogen) atoms. The van der Waals surface area contributed by atoms with Gasteiger partial charge < -0.3 is 14.2 Å². The van der Waals surface area contributed by atoms with Gasteiger partial charge in [0.25, 0.3) is 5.91 Å². The number of amides is 1. The SMILES string of the molecule is O=C(c1ccco1)N1C[C@H]2CCN(c3cnccn3)C[C@H]2C1. The van der Waals surface area contributed by atoms with E-state index in [0.29, 0.717) is 17.6 Å². The highest BCUT2D eigenvalue weighted by molar-refractivity contribution is 5.91. The number of hydrogen-bond acceptors (Lipinski definition) is 5. The van der Waals surface area contributed by atoms with Gasteiger partial charge in [0.1, 0.15) is 5.82 Å². The van der Waals surface area contributed by atoms with Gasteiger partial charge in [-0.25, -0.2) is 4.98 Å². The Morgan fingerprint density at radius 2 is 2.14 bits per heavy atom. The van der Waals surface area contributed by atoms with E-state index >= 15 is 0 Å². The average molecular weight is 298 g/mol. The third-order valence-corrected chi connectivity index (χ3v) is 4.69. The minimum absolute atomic E-state index is 0.00505. The molecule has 114 valence electrons. The highest BCUT2D eigenvalue weighted by atomic mass is 16.3. The number of carbonyl (C=O) groups is 1. The second-order valence-corrected chi connectivity index (χ2v) is 6.01. The summed E-state index contributed by atoms with van der Waals surface area (Å²) in [7, 11) is 0. The lowest BCUT2D eigenvalue weighted by molar-refractivity contribution is 0.0753. The first-order valence-electron chi connectivity index (χ1n) is 7.65. The second-order valence-electron chi connectivity index (χ2n) is 6.01. The van der Waals surface area contributed by atoms with Crippen LogP contribution in [0.5, 0.6) is 0 Å². The third-order valence-electron chi connectivity index (χ3n) is 4.69. The van der Waals surface area contributed by atoms with Crippen molar-refractivity contribution < 1.29 is 9.21 Å². The molecule has 2 atom stereocenters. The van der Waals surface area contributed by atoms with E-state index in [0.717, 1.165) is 38.4 Å². The number of likely N-dealkylation sites (tertiary alicyclic amines) is 1. The van der Waals surface area contributed by atoms with Crippen LogP contribution in [0.2, 0.25) is 0 Å². The van der Waals surface area contributed by atoms with E-state index in [1.807, 2.05) is 4.90 Å². The molecule has 2 saturated heterocycles. The zero-order valence-corrected chi connectivity index (χ0v) is 12.3. The summed E-state index contributed by atoms with van der Waals surface area (Å²) in [4.78, 5) is 25.1. The molecule has 0 N–H and O–H groups in total. The number of rotatable bonds is 2. The smallest absolute Gasteiger partial charge is 0.289 e. The Labute approximate surface area is 128 Å². The van der Waals surface area contributed by atoms with Gasteiger partial charge in [-0.1, -0.05) is 0 Å². The van der Waals surface area contributed by atoms with Gasteiger partial charge in [0.05, 0.1) is 12.5 Å². The lowest BCUT2D eigenvalue weighted by Gasteiger charge is -2.34. The normalized spacial score (nSPS) is 24.4. The van der Waals surface area contributed by atoms with E-state index in [1.165, 1.54) is 0 Å². The van der Waals surface area contributed by atoms with Crippen molar-refractivity contribution in [2.75, 3.05) is 31.1 Å². The Balaban J connectivity index is 1.45. The van der Waals surface area contributed by atoms with Crippen molar-refractivity contribution in [1.29, 1.82) is 0 Å². The Bertz CT molecular complexity index is 643. The topological polar surface area (TPSA) is 62.5 Å². The molecule has 0 unspecified atom stereocenters. The van der Waals surface area contributed by atoms with E-state index in [-0.39, 0.29) is 5.91 Å². The van der Waals surface area contributed by atoms with Crippen molar-refractivity contribution >= 4 is 11.7 Å². The molecule has 0 aliphatic carbocycles. The summed E-state index contributed by atoms with van der Waals surface area (Å²) in [5.74, 6) is 2.44. The zero-order valence-electron chi connectivity index (χ0n) is 12.3. The largest absolute Gasteiger partial charge is 0.459 e. The van der Waals surface area contributed by atoms with Crippen LogP contribution in [-0.4, -0.2) is 47.0 Å². The lowest BCUT2D eigenvalue weighted by atomic mass is 9.89. The number of carbonyl (C=O) groups excluding carboxylic acids is 1. The van der Waals surface area contributed by atoms with Crippen molar-refractivity contribution in [3.63, 3.8) is 0 Å². The van der Waals surface area contributed by atoms with Gasteiger partial charge in [-0.2, -0.15) is 0 Å². The Hall–Kier alpha value is -2.37. The van der Waals surface area contributed by atoms with Gasteiger partial charge in [-0.05, 0) is 30.4 Å². The Morgan fingerprint density at radius 3 is 2.91 bits per heavy atom. The maximum atomic E-state index is 12.4. The Kier molecular flexibility index (Phi) is 3.29. The number of furan rings is 1. The summed E-state index contributed by atoms with van der Waals surface area (Å²) in [6.07, 6.45) is 7.86. The zero-order chi connectivity index (χ0) is 14.9. The fourth-order valence-corrected chi connectivity index (χ4v) is 3.55. The van der Waals surface area contributed by atoms with Crippen molar-refractivity contribution in [3.05, 3.63) is 42.7 Å². The number of hydrogen-bond donors (Lipinski definition) is 0. The summed E-state index contributed by atoms with van der Waals surface area (Å²) >= 11 is 0. The predicted molar refractivity (Wildman–Crippen MR) is 80.5 cm³/mol. The van der Waals surface area contributed by atoms with Gasteiger partial charge in [0.2, 0.25) is 0 Å². The monoisotopic (exact) mass is 298 g/mol. The van der Waals surface area contributed by atoms with Crippen molar-refractivity contribution in [2.24, 2.45) is 11.8 Å². The second kappa shape index (κ2) is 5.44. The van der Waals surface area contributed by atoms with E-state index in [1.54, 1.807) is 37.0 Å². The van der Waals surface area contributed by atoms with E-state index in [4.69, 9.17) is 4.42 Å². The number of piperidine rings is 1. The molecule has 0 saturated carbocycles. The highest BCUT2D eigenvalue weighted by Crippen LogP contribution is 2.33. The molecule has 0 spiro atoms. The molecule has 2 aliphatic rings. The fraction of sp³-hybridized carbons (Fsp3) is 0.438. The third kappa shape index (κ3) is 2.34. The molecular weight excluding hydrogens is 280 g/mol. The van der Waals surface area contributed by atoms with Gasteiger partial charge >= 0.3 is 0 Å². The van der Waals surface area contributed by atoms with E-state index < -0.39 is 0 Å². The van der Waals surface area contributed by atoms with Crippen LogP contribution in [0.25, 0.3) is 0 Å². The first-order chi connectivity index (χ1) is 10.8. The van der Waals surface area contributed by atoms with Crippen LogP contribution >= 0.6 is 0 Å². The quantitative estimate of drug-likeness (QED) is 0.844. The van der Waals surface area contributed by atoms with Crippen molar-refractivity contribution in [1.82, 2.24) is 14.9 Å². The molecule has 2 aromatic heterocycles. The van der Waals surface area contributed by atoms with Crippen molar-refractivity contribution in [3.8, 4) is 0 Å².